The van der Waals surface area contributed by atoms with Crippen molar-refractivity contribution in [3.63, 3.8) is 0 Å². The highest BCUT2D eigenvalue weighted by molar-refractivity contribution is 5.92. The number of carboxylic acids is 1. The molecular weight excluding hydrogens is 236 g/mol. The van der Waals surface area contributed by atoms with Crippen LogP contribution in [0.1, 0.15) is 26.7 Å². The van der Waals surface area contributed by atoms with Gasteiger partial charge in [-0.05, 0) is 20.3 Å². The summed E-state index contributed by atoms with van der Waals surface area (Å²) in [5.74, 6) is -1.03. The minimum absolute atomic E-state index is 0.0773. The molecule has 1 atom stereocenters. The number of nitrogens with zero attached hydrogens (tertiary/aromatic N) is 1. The molecule has 104 valence electrons. The summed E-state index contributed by atoms with van der Waals surface area (Å²) >= 11 is 0. The lowest BCUT2D eigenvalue weighted by Crippen LogP contribution is -2.58. The average molecular weight is 258 g/mol. The van der Waals surface area contributed by atoms with Gasteiger partial charge in [-0.1, -0.05) is 0 Å². The highest BCUT2D eigenvalue weighted by atomic mass is 16.5. The minimum atomic E-state index is -0.928. The standard InChI is InChI=1S/C12H22N2O4/c1-12(2,14-5-7-18-8-6-14)11(17)9(13)3-4-10(15)16/h9H,3-8,13H2,1-2H3,(H,15,16). The lowest BCUT2D eigenvalue weighted by atomic mass is 9.89. The lowest BCUT2D eigenvalue weighted by Gasteiger charge is -2.40. The summed E-state index contributed by atoms with van der Waals surface area (Å²) in [4.78, 5) is 24.8. The van der Waals surface area contributed by atoms with Gasteiger partial charge < -0.3 is 15.6 Å². The van der Waals surface area contributed by atoms with Crippen molar-refractivity contribution in [1.82, 2.24) is 4.90 Å². The first-order chi connectivity index (χ1) is 8.35. The maximum absolute atomic E-state index is 12.3. The highest BCUT2D eigenvalue weighted by Gasteiger charge is 2.37. The van der Waals surface area contributed by atoms with Gasteiger partial charge in [-0.15, -0.1) is 0 Å². The van der Waals surface area contributed by atoms with E-state index in [1.54, 1.807) is 0 Å². The second-order valence-electron chi connectivity index (χ2n) is 5.06. The van der Waals surface area contributed by atoms with Crippen LogP contribution < -0.4 is 5.73 Å². The molecule has 0 aromatic heterocycles. The van der Waals surface area contributed by atoms with Crippen LogP contribution in [0.4, 0.5) is 0 Å². The Morgan fingerprint density at radius 2 is 1.94 bits per heavy atom. The number of ketones is 1. The molecule has 1 rings (SSSR count). The van der Waals surface area contributed by atoms with Crippen molar-refractivity contribution in [3.05, 3.63) is 0 Å². The Hall–Kier alpha value is -0.980. The number of carbonyl (C=O) groups excluding carboxylic acids is 1. The Balaban J connectivity index is 2.59. The van der Waals surface area contributed by atoms with Crippen LogP contribution in [0.3, 0.4) is 0 Å². The van der Waals surface area contributed by atoms with Crippen LogP contribution in [0, 0.1) is 0 Å². The molecule has 1 fully saturated rings. The van der Waals surface area contributed by atoms with E-state index in [9.17, 15) is 9.59 Å². The van der Waals surface area contributed by atoms with Crippen LogP contribution in [0.2, 0.25) is 0 Å². The second-order valence-corrected chi connectivity index (χ2v) is 5.06. The van der Waals surface area contributed by atoms with Crippen molar-refractivity contribution in [2.75, 3.05) is 26.3 Å². The van der Waals surface area contributed by atoms with E-state index in [2.05, 4.69) is 0 Å². The first-order valence-electron chi connectivity index (χ1n) is 6.20. The highest BCUT2D eigenvalue weighted by Crippen LogP contribution is 2.19. The number of hydrogen-bond donors (Lipinski definition) is 2. The molecule has 1 heterocycles. The van der Waals surface area contributed by atoms with E-state index in [0.29, 0.717) is 26.3 Å². The van der Waals surface area contributed by atoms with E-state index >= 15 is 0 Å². The van der Waals surface area contributed by atoms with Gasteiger partial charge >= 0.3 is 5.97 Å². The minimum Gasteiger partial charge on any atom is -0.481 e. The Morgan fingerprint density at radius 3 is 2.44 bits per heavy atom. The van der Waals surface area contributed by atoms with Crippen molar-refractivity contribution in [2.24, 2.45) is 5.73 Å². The summed E-state index contributed by atoms with van der Waals surface area (Å²) < 4.78 is 5.25. The summed E-state index contributed by atoms with van der Waals surface area (Å²) in [7, 11) is 0. The van der Waals surface area contributed by atoms with Gasteiger partial charge in [0.25, 0.3) is 0 Å². The molecule has 0 aromatic carbocycles. The molecule has 1 aliphatic rings. The molecule has 0 saturated carbocycles. The number of Topliss-reactive ketones (excluding diaryl/α,β-unsaturated/α-hetero) is 1. The monoisotopic (exact) mass is 258 g/mol. The largest absolute Gasteiger partial charge is 0.481 e. The van der Waals surface area contributed by atoms with Crippen LogP contribution >= 0.6 is 0 Å². The van der Waals surface area contributed by atoms with Crippen LogP contribution in [-0.2, 0) is 14.3 Å². The lowest BCUT2D eigenvalue weighted by molar-refractivity contribution is -0.138. The number of aliphatic carboxylic acids is 1. The molecule has 6 nitrogen and oxygen atoms in total. The van der Waals surface area contributed by atoms with Crippen LogP contribution in [0.25, 0.3) is 0 Å². The van der Waals surface area contributed by atoms with Gasteiger partial charge in [0.1, 0.15) is 0 Å². The third-order valence-electron chi connectivity index (χ3n) is 3.41. The third-order valence-corrected chi connectivity index (χ3v) is 3.41. The smallest absolute Gasteiger partial charge is 0.303 e. The molecule has 1 unspecified atom stereocenters. The molecule has 3 N–H and O–H groups in total. The van der Waals surface area contributed by atoms with Crippen LogP contribution in [0.5, 0.6) is 0 Å². The van der Waals surface area contributed by atoms with E-state index < -0.39 is 17.6 Å². The Morgan fingerprint density at radius 1 is 1.39 bits per heavy atom. The topological polar surface area (TPSA) is 92.9 Å². The molecule has 6 heteroatoms. The maximum atomic E-state index is 12.3. The molecule has 1 aliphatic heterocycles. The molecule has 1 saturated heterocycles. The summed E-state index contributed by atoms with van der Waals surface area (Å²) in [6.45, 7) is 6.29. The van der Waals surface area contributed by atoms with Crippen molar-refractivity contribution < 1.29 is 19.4 Å². The molecule has 0 radical (unpaired) electrons. The molecule has 18 heavy (non-hydrogen) atoms. The van der Waals surface area contributed by atoms with Gasteiger partial charge in [0, 0.05) is 19.5 Å². The maximum Gasteiger partial charge on any atom is 0.303 e. The summed E-state index contributed by atoms with van der Waals surface area (Å²) in [5, 5.41) is 8.60. The fourth-order valence-corrected chi connectivity index (χ4v) is 2.14. The van der Waals surface area contributed by atoms with E-state index in [1.807, 2.05) is 18.7 Å². The van der Waals surface area contributed by atoms with Gasteiger partial charge in [0.15, 0.2) is 5.78 Å². The summed E-state index contributed by atoms with van der Waals surface area (Å²) in [6.07, 6.45) is 0.105. The molecule has 0 aromatic rings. The number of nitrogens with two attached hydrogens (primary N) is 1. The number of ether oxygens (including phenoxy) is 1. The van der Waals surface area contributed by atoms with Gasteiger partial charge in [-0.2, -0.15) is 0 Å². The van der Waals surface area contributed by atoms with Crippen molar-refractivity contribution >= 4 is 11.8 Å². The van der Waals surface area contributed by atoms with E-state index in [-0.39, 0.29) is 18.6 Å². The SMILES string of the molecule is CC(C)(C(=O)C(N)CCC(=O)O)N1CCOCC1. The zero-order valence-electron chi connectivity index (χ0n) is 11.0. The number of hydrogen-bond acceptors (Lipinski definition) is 5. The van der Waals surface area contributed by atoms with Crippen LogP contribution in [-0.4, -0.2) is 59.6 Å². The van der Waals surface area contributed by atoms with Gasteiger partial charge in [0.05, 0.1) is 24.8 Å². The normalized spacial score (nSPS) is 19.5. The van der Waals surface area contributed by atoms with Crippen LogP contribution in [0.15, 0.2) is 0 Å². The molecule has 0 amide bonds. The van der Waals surface area contributed by atoms with Gasteiger partial charge in [-0.25, -0.2) is 0 Å². The zero-order chi connectivity index (χ0) is 13.8. The summed E-state index contributed by atoms with van der Waals surface area (Å²) in [5.41, 5.74) is 5.12. The van der Waals surface area contributed by atoms with Crippen molar-refractivity contribution in [1.29, 1.82) is 0 Å². The van der Waals surface area contributed by atoms with E-state index in [0.717, 1.165) is 0 Å². The fraction of sp³-hybridized carbons (Fsp3) is 0.833. The first kappa shape index (κ1) is 15.1. The van der Waals surface area contributed by atoms with E-state index in [1.165, 1.54) is 0 Å². The number of carbonyl (C=O) groups is 2. The number of carboxylic acid groups (broad SMARTS) is 1. The Labute approximate surface area is 107 Å². The number of morpholine rings is 1. The Bertz CT molecular complexity index is 311. The first-order valence-corrected chi connectivity index (χ1v) is 6.20. The molecular formula is C12H22N2O4. The molecule has 0 aliphatic carbocycles. The van der Waals surface area contributed by atoms with E-state index in [4.69, 9.17) is 15.6 Å². The van der Waals surface area contributed by atoms with Crippen molar-refractivity contribution in [3.8, 4) is 0 Å². The van der Waals surface area contributed by atoms with Gasteiger partial charge in [0.2, 0.25) is 0 Å². The Kier molecular flexibility index (Phi) is 5.25. The summed E-state index contributed by atoms with van der Waals surface area (Å²) in [6, 6.07) is -0.723. The second kappa shape index (κ2) is 6.26. The van der Waals surface area contributed by atoms with Crippen molar-refractivity contribution in [2.45, 2.75) is 38.3 Å². The quantitative estimate of drug-likeness (QED) is 0.688. The predicted octanol–water partition coefficient (Wildman–Crippen LogP) is -0.142. The third kappa shape index (κ3) is 3.76. The van der Waals surface area contributed by atoms with Gasteiger partial charge in [-0.3, -0.25) is 14.5 Å². The zero-order valence-corrected chi connectivity index (χ0v) is 11.0. The number of rotatable bonds is 6. The fourth-order valence-electron chi connectivity index (χ4n) is 2.14. The molecule has 0 bridgehead atoms. The molecule has 0 spiro atoms. The predicted molar refractivity (Wildman–Crippen MR) is 66.3 cm³/mol. The average Bonchev–Trinajstić information content (AvgIpc) is 2.36.